The molecule has 0 unspecified atom stereocenters. The van der Waals surface area contributed by atoms with Crippen molar-refractivity contribution in [1.29, 1.82) is 0 Å². The van der Waals surface area contributed by atoms with Crippen molar-refractivity contribution in [2.24, 2.45) is 0 Å². The summed E-state index contributed by atoms with van der Waals surface area (Å²) in [6.45, 7) is 1.07. The molecule has 1 rings (SSSR count). The molecule has 1 heterocycles. The van der Waals surface area contributed by atoms with Gasteiger partial charge in [-0.2, -0.15) is 0 Å². The first kappa shape index (κ1) is 12.4. The Morgan fingerprint density at radius 2 is 2.47 bits per heavy atom. The summed E-state index contributed by atoms with van der Waals surface area (Å²) in [5, 5.41) is 2.70. The Labute approximate surface area is 101 Å². The van der Waals surface area contributed by atoms with Crippen LogP contribution in [-0.2, 0) is 9.53 Å². The highest BCUT2D eigenvalue weighted by atomic mass is 79.9. The lowest BCUT2D eigenvalue weighted by atomic mass is 10.4. The van der Waals surface area contributed by atoms with Crippen LogP contribution in [0.25, 0.3) is 6.08 Å². The van der Waals surface area contributed by atoms with Crippen LogP contribution in [0, 0.1) is 0 Å². The summed E-state index contributed by atoms with van der Waals surface area (Å²) in [4.78, 5) is 12.3. The minimum absolute atomic E-state index is 0.100. The zero-order valence-corrected chi connectivity index (χ0v) is 10.7. The average Bonchev–Trinajstić information content (AvgIpc) is 2.62. The van der Waals surface area contributed by atoms with Gasteiger partial charge in [-0.15, -0.1) is 11.3 Å². The van der Waals surface area contributed by atoms with Gasteiger partial charge in [0.15, 0.2) is 0 Å². The zero-order valence-electron chi connectivity index (χ0n) is 8.33. The molecule has 15 heavy (non-hydrogen) atoms. The predicted octanol–water partition coefficient (Wildman–Crippen LogP) is 2.29. The fraction of sp³-hybridized carbons (Fsp3) is 0.300. The van der Waals surface area contributed by atoms with E-state index in [0.717, 1.165) is 8.66 Å². The number of rotatable bonds is 5. The van der Waals surface area contributed by atoms with Gasteiger partial charge >= 0.3 is 0 Å². The minimum atomic E-state index is -0.100. The maximum Gasteiger partial charge on any atom is 0.244 e. The number of nitrogens with one attached hydrogen (secondary N) is 1. The lowest BCUT2D eigenvalue weighted by Crippen LogP contribution is -2.24. The minimum Gasteiger partial charge on any atom is -0.383 e. The van der Waals surface area contributed by atoms with Crippen LogP contribution in [0.4, 0.5) is 0 Å². The first-order chi connectivity index (χ1) is 7.22. The molecule has 0 aliphatic heterocycles. The molecule has 82 valence electrons. The van der Waals surface area contributed by atoms with Crippen molar-refractivity contribution >= 4 is 39.2 Å². The van der Waals surface area contributed by atoms with E-state index in [1.54, 1.807) is 24.5 Å². The van der Waals surface area contributed by atoms with Gasteiger partial charge in [-0.25, -0.2) is 0 Å². The summed E-state index contributed by atoms with van der Waals surface area (Å²) in [5.74, 6) is -0.100. The van der Waals surface area contributed by atoms with E-state index < -0.39 is 0 Å². The van der Waals surface area contributed by atoms with E-state index in [1.807, 2.05) is 12.1 Å². The topological polar surface area (TPSA) is 38.3 Å². The second-order valence-electron chi connectivity index (χ2n) is 2.76. The molecule has 1 aromatic rings. The van der Waals surface area contributed by atoms with Crippen molar-refractivity contribution in [2.75, 3.05) is 20.3 Å². The van der Waals surface area contributed by atoms with Gasteiger partial charge in [-0.3, -0.25) is 4.79 Å². The Hall–Kier alpha value is -0.650. The summed E-state index contributed by atoms with van der Waals surface area (Å²) < 4.78 is 5.87. The number of methoxy groups -OCH3 is 1. The monoisotopic (exact) mass is 289 g/mol. The number of hydrogen-bond acceptors (Lipinski definition) is 3. The van der Waals surface area contributed by atoms with Gasteiger partial charge < -0.3 is 10.1 Å². The molecule has 0 saturated heterocycles. The Morgan fingerprint density at radius 1 is 1.67 bits per heavy atom. The highest BCUT2D eigenvalue weighted by molar-refractivity contribution is 9.11. The van der Waals surface area contributed by atoms with Crippen molar-refractivity contribution in [3.8, 4) is 0 Å². The maximum atomic E-state index is 11.2. The molecule has 0 spiro atoms. The third-order valence-electron chi connectivity index (χ3n) is 1.60. The first-order valence-electron chi connectivity index (χ1n) is 4.42. The second kappa shape index (κ2) is 6.76. The fourth-order valence-electron chi connectivity index (χ4n) is 0.911. The van der Waals surface area contributed by atoms with Gasteiger partial charge in [-0.1, -0.05) is 0 Å². The predicted molar refractivity (Wildman–Crippen MR) is 65.9 cm³/mol. The van der Waals surface area contributed by atoms with Gasteiger partial charge in [0.25, 0.3) is 0 Å². The third kappa shape index (κ3) is 5.11. The maximum absolute atomic E-state index is 11.2. The molecule has 0 bridgehead atoms. The van der Waals surface area contributed by atoms with E-state index in [2.05, 4.69) is 21.2 Å². The number of carbonyl (C=O) groups is 1. The van der Waals surface area contributed by atoms with Gasteiger partial charge in [0.05, 0.1) is 10.4 Å². The molecule has 1 amide bonds. The third-order valence-corrected chi connectivity index (χ3v) is 3.19. The molecule has 0 atom stereocenters. The van der Waals surface area contributed by atoms with Crippen LogP contribution >= 0.6 is 27.3 Å². The number of thiophene rings is 1. The lowest BCUT2D eigenvalue weighted by molar-refractivity contribution is -0.116. The molecule has 1 aromatic heterocycles. The highest BCUT2D eigenvalue weighted by Gasteiger charge is 1.95. The standard InChI is InChI=1S/C10H12BrNO2S/c1-14-7-6-12-10(13)5-3-8-2-4-9(11)15-8/h2-5H,6-7H2,1H3,(H,12,13). The molecular formula is C10H12BrNO2S. The largest absolute Gasteiger partial charge is 0.383 e. The van der Waals surface area contributed by atoms with Crippen molar-refractivity contribution < 1.29 is 9.53 Å². The van der Waals surface area contributed by atoms with E-state index in [-0.39, 0.29) is 5.91 Å². The van der Waals surface area contributed by atoms with Crippen LogP contribution in [-0.4, -0.2) is 26.2 Å². The summed E-state index contributed by atoms with van der Waals surface area (Å²) in [6.07, 6.45) is 3.31. The Kier molecular flexibility index (Phi) is 5.60. The molecular weight excluding hydrogens is 278 g/mol. The smallest absolute Gasteiger partial charge is 0.244 e. The average molecular weight is 290 g/mol. The van der Waals surface area contributed by atoms with Crippen molar-refractivity contribution in [3.05, 3.63) is 26.9 Å². The quantitative estimate of drug-likeness (QED) is 0.667. The number of amides is 1. The number of carbonyl (C=O) groups excluding carboxylic acids is 1. The molecule has 3 nitrogen and oxygen atoms in total. The molecule has 0 aliphatic rings. The fourth-order valence-corrected chi connectivity index (χ4v) is 2.24. The number of hydrogen-bond donors (Lipinski definition) is 1. The summed E-state index contributed by atoms with van der Waals surface area (Å²) in [6, 6.07) is 3.90. The molecule has 1 N–H and O–H groups in total. The Bertz CT molecular complexity index is 349. The zero-order chi connectivity index (χ0) is 11.1. The van der Waals surface area contributed by atoms with Crippen molar-refractivity contribution in [1.82, 2.24) is 5.32 Å². The van der Waals surface area contributed by atoms with Crippen LogP contribution in [0.5, 0.6) is 0 Å². The van der Waals surface area contributed by atoms with Crippen LogP contribution in [0.15, 0.2) is 22.0 Å². The van der Waals surface area contributed by atoms with Crippen molar-refractivity contribution in [2.45, 2.75) is 0 Å². The molecule has 0 aromatic carbocycles. The van der Waals surface area contributed by atoms with E-state index >= 15 is 0 Å². The van der Waals surface area contributed by atoms with Crippen LogP contribution < -0.4 is 5.32 Å². The van der Waals surface area contributed by atoms with Crippen LogP contribution in [0.2, 0.25) is 0 Å². The van der Waals surface area contributed by atoms with Gasteiger partial charge in [0, 0.05) is 24.6 Å². The molecule has 0 aliphatic carbocycles. The summed E-state index contributed by atoms with van der Waals surface area (Å²) in [5.41, 5.74) is 0. The Morgan fingerprint density at radius 3 is 3.07 bits per heavy atom. The summed E-state index contributed by atoms with van der Waals surface area (Å²) >= 11 is 4.94. The number of ether oxygens (including phenoxy) is 1. The van der Waals surface area contributed by atoms with E-state index in [1.165, 1.54) is 6.08 Å². The lowest BCUT2D eigenvalue weighted by Gasteiger charge is -1.99. The van der Waals surface area contributed by atoms with E-state index in [9.17, 15) is 4.79 Å². The van der Waals surface area contributed by atoms with Crippen molar-refractivity contribution in [3.63, 3.8) is 0 Å². The van der Waals surface area contributed by atoms with Gasteiger partial charge in [0.2, 0.25) is 5.91 Å². The van der Waals surface area contributed by atoms with E-state index in [0.29, 0.717) is 13.2 Å². The van der Waals surface area contributed by atoms with Crippen LogP contribution in [0.3, 0.4) is 0 Å². The van der Waals surface area contributed by atoms with Gasteiger partial charge in [-0.05, 0) is 34.1 Å². The first-order valence-corrected chi connectivity index (χ1v) is 6.03. The normalized spacial score (nSPS) is 10.8. The van der Waals surface area contributed by atoms with Gasteiger partial charge in [0.1, 0.15) is 0 Å². The Balaban J connectivity index is 2.34. The number of halogens is 1. The SMILES string of the molecule is COCCNC(=O)C=Cc1ccc(Br)s1. The molecule has 0 saturated carbocycles. The molecule has 5 heteroatoms. The molecule has 0 fully saturated rings. The van der Waals surface area contributed by atoms with Crippen LogP contribution in [0.1, 0.15) is 4.88 Å². The summed E-state index contributed by atoms with van der Waals surface area (Å²) in [7, 11) is 1.60. The van der Waals surface area contributed by atoms with E-state index in [4.69, 9.17) is 4.74 Å². The second-order valence-corrected chi connectivity index (χ2v) is 5.25. The molecule has 0 radical (unpaired) electrons. The highest BCUT2D eigenvalue weighted by Crippen LogP contribution is 2.22.